The molecular weight excluding hydrogens is 560 g/mol. The standard InChI is InChI=1S/C30H36N4O7S/c1-6-40-13-14-41-24-9-11-25(12-10-24)42(37,38)33(3)19-23-15-21(8-7-20(23)2)26(18-29(35)36)22-16-27-30(28(17-22)39-5)34(4)32-31-27/h7-12,15-17,26H,6,13-14,18-19H2,1-5H3,(H,35,36). The van der Waals surface area contributed by atoms with Crippen LogP contribution >= 0.6 is 0 Å². The van der Waals surface area contributed by atoms with Crippen LogP contribution in [0.15, 0.2) is 59.5 Å². The fourth-order valence-corrected chi connectivity index (χ4v) is 5.94. The number of hydrogen-bond acceptors (Lipinski definition) is 8. The Morgan fingerprint density at radius 2 is 1.81 bits per heavy atom. The molecule has 1 unspecified atom stereocenters. The lowest BCUT2D eigenvalue weighted by Gasteiger charge is -2.22. The average molecular weight is 597 g/mol. The Balaban J connectivity index is 1.60. The zero-order valence-electron chi connectivity index (χ0n) is 24.4. The normalized spacial score (nSPS) is 12.5. The Kier molecular flexibility index (Phi) is 9.81. The van der Waals surface area contributed by atoms with E-state index in [1.54, 1.807) is 37.0 Å². The van der Waals surface area contributed by atoms with Crippen molar-refractivity contribution in [3.63, 3.8) is 0 Å². The van der Waals surface area contributed by atoms with E-state index in [4.69, 9.17) is 14.2 Å². The van der Waals surface area contributed by atoms with Crippen LogP contribution in [-0.4, -0.2) is 72.8 Å². The molecule has 42 heavy (non-hydrogen) atoms. The highest BCUT2D eigenvalue weighted by Crippen LogP contribution is 2.35. The van der Waals surface area contributed by atoms with Crippen molar-refractivity contribution in [1.82, 2.24) is 19.3 Å². The molecule has 4 aromatic rings. The molecule has 11 nitrogen and oxygen atoms in total. The molecule has 0 aliphatic rings. The maximum atomic E-state index is 13.4. The molecular formula is C30H36N4O7S. The van der Waals surface area contributed by atoms with E-state index in [-0.39, 0.29) is 17.9 Å². The van der Waals surface area contributed by atoms with Crippen molar-refractivity contribution in [2.45, 2.75) is 37.6 Å². The van der Waals surface area contributed by atoms with E-state index >= 15 is 0 Å². The molecule has 0 bridgehead atoms. The summed E-state index contributed by atoms with van der Waals surface area (Å²) < 4.78 is 46.1. The Morgan fingerprint density at radius 1 is 1.07 bits per heavy atom. The molecule has 4 rings (SSSR count). The Labute approximate surface area is 245 Å². The predicted octanol–water partition coefficient (Wildman–Crippen LogP) is 4.13. The molecule has 1 N–H and O–H groups in total. The van der Waals surface area contributed by atoms with Gasteiger partial charge in [0.05, 0.1) is 25.0 Å². The minimum absolute atomic E-state index is 0.0981. The van der Waals surface area contributed by atoms with Gasteiger partial charge in [-0.25, -0.2) is 13.1 Å². The van der Waals surface area contributed by atoms with Crippen molar-refractivity contribution >= 4 is 27.0 Å². The van der Waals surface area contributed by atoms with Gasteiger partial charge in [-0.05, 0) is 72.5 Å². The molecule has 3 aromatic carbocycles. The third kappa shape index (κ3) is 6.89. The number of sulfonamides is 1. The van der Waals surface area contributed by atoms with Crippen molar-refractivity contribution in [3.05, 3.63) is 76.9 Å². The number of aromatic nitrogens is 3. The van der Waals surface area contributed by atoms with Crippen LogP contribution in [0.2, 0.25) is 0 Å². The summed E-state index contributed by atoms with van der Waals surface area (Å²) in [4.78, 5) is 12.1. The molecule has 0 saturated heterocycles. The third-order valence-electron chi connectivity index (χ3n) is 7.09. The fourth-order valence-electron chi connectivity index (χ4n) is 4.79. The van der Waals surface area contributed by atoms with Crippen molar-refractivity contribution < 1.29 is 32.5 Å². The van der Waals surface area contributed by atoms with Crippen molar-refractivity contribution in [2.24, 2.45) is 7.05 Å². The molecule has 1 heterocycles. The first-order chi connectivity index (χ1) is 20.0. The van der Waals surface area contributed by atoms with Gasteiger partial charge in [-0.3, -0.25) is 4.79 Å². The van der Waals surface area contributed by atoms with Gasteiger partial charge in [0.2, 0.25) is 10.0 Å². The number of carboxylic acid groups (broad SMARTS) is 1. The molecule has 12 heteroatoms. The third-order valence-corrected chi connectivity index (χ3v) is 8.91. The Bertz CT molecular complexity index is 1650. The second-order valence-corrected chi connectivity index (χ2v) is 12.0. The van der Waals surface area contributed by atoms with Crippen LogP contribution in [0.25, 0.3) is 11.0 Å². The Hall–Kier alpha value is -4.00. The molecule has 1 atom stereocenters. The number of fused-ring (bicyclic) bond motifs is 1. The SMILES string of the molecule is CCOCCOc1ccc(S(=O)(=O)N(C)Cc2cc(C(CC(=O)O)c3cc(OC)c4c(c3)nnn4C)ccc2C)cc1. The lowest BCUT2D eigenvalue weighted by atomic mass is 9.86. The highest BCUT2D eigenvalue weighted by atomic mass is 32.2. The van der Waals surface area contributed by atoms with Crippen molar-refractivity contribution in [2.75, 3.05) is 34.0 Å². The van der Waals surface area contributed by atoms with Crippen LogP contribution in [0.3, 0.4) is 0 Å². The van der Waals surface area contributed by atoms with Crippen LogP contribution < -0.4 is 9.47 Å². The van der Waals surface area contributed by atoms with E-state index in [1.165, 1.54) is 23.5 Å². The summed E-state index contributed by atoms with van der Waals surface area (Å²) in [7, 11) is 1.02. The fraction of sp³-hybridized carbons (Fsp3) is 0.367. The summed E-state index contributed by atoms with van der Waals surface area (Å²) in [6.07, 6.45) is -0.176. The smallest absolute Gasteiger partial charge is 0.304 e. The number of benzene rings is 3. The van der Waals surface area contributed by atoms with Crippen LogP contribution in [0.1, 0.15) is 41.5 Å². The molecule has 1 aromatic heterocycles. The first kappa shape index (κ1) is 30.9. The van der Waals surface area contributed by atoms with Crippen LogP contribution in [-0.2, 0) is 33.1 Å². The summed E-state index contributed by atoms with van der Waals surface area (Å²) in [5.41, 5.74) is 4.39. The molecule has 0 aliphatic heterocycles. The van der Waals surface area contributed by atoms with E-state index in [0.717, 1.165) is 16.7 Å². The van der Waals surface area contributed by atoms with E-state index in [0.29, 0.717) is 47.9 Å². The summed E-state index contributed by atoms with van der Waals surface area (Å²) in [6.45, 7) is 5.32. The molecule has 0 amide bonds. The monoisotopic (exact) mass is 596 g/mol. The topological polar surface area (TPSA) is 133 Å². The van der Waals surface area contributed by atoms with Crippen molar-refractivity contribution in [1.29, 1.82) is 0 Å². The van der Waals surface area contributed by atoms with Gasteiger partial charge in [-0.15, -0.1) is 5.10 Å². The first-order valence-electron chi connectivity index (χ1n) is 13.5. The van der Waals surface area contributed by atoms with Gasteiger partial charge >= 0.3 is 5.97 Å². The lowest BCUT2D eigenvalue weighted by molar-refractivity contribution is -0.137. The zero-order chi connectivity index (χ0) is 30.4. The van der Waals surface area contributed by atoms with Gasteiger partial charge in [-0.2, -0.15) is 4.31 Å². The number of carboxylic acids is 1. The van der Waals surface area contributed by atoms with E-state index < -0.39 is 21.9 Å². The lowest BCUT2D eigenvalue weighted by Crippen LogP contribution is -2.27. The predicted molar refractivity (Wildman–Crippen MR) is 157 cm³/mol. The van der Waals surface area contributed by atoms with Crippen molar-refractivity contribution in [3.8, 4) is 11.5 Å². The van der Waals surface area contributed by atoms with Gasteiger partial charge in [0.1, 0.15) is 29.1 Å². The van der Waals surface area contributed by atoms with E-state index in [2.05, 4.69) is 10.3 Å². The van der Waals surface area contributed by atoms with Gasteiger partial charge in [0.25, 0.3) is 0 Å². The average Bonchev–Trinajstić information content (AvgIpc) is 3.35. The zero-order valence-corrected chi connectivity index (χ0v) is 25.2. The van der Waals surface area contributed by atoms with E-state index in [1.807, 2.05) is 38.1 Å². The molecule has 224 valence electrons. The van der Waals surface area contributed by atoms with Crippen LogP contribution in [0, 0.1) is 6.92 Å². The maximum absolute atomic E-state index is 13.4. The molecule has 0 spiro atoms. The maximum Gasteiger partial charge on any atom is 0.304 e. The molecule has 0 aliphatic carbocycles. The number of carbonyl (C=O) groups is 1. The van der Waals surface area contributed by atoms with Crippen LogP contribution in [0.5, 0.6) is 11.5 Å². The molecule has 0 radical (unpaired) electrons. The van der Waals surface area contributed by atoms with Gasteiger partial charge in [0.15, 0.2) is 0 Å². The Morgan fingerprint density at radius 3 is 2.48 bits per heavy atom. The molecule has 0 fully saturated rings. The second kappa shape index (κ2) is 13.3. The van der Waals surface area contributed by atoms with Crippen LogP contribution in [0.4, 0.5) is 0 Å². The largest absolute Gasteiger partial charge is 0.494 e. The quantitative estimate of drug-likeness (QED) is 0.213. The number of hydrogen-bond donors (Lipinski definition) is 1. The summed E-state index contributed by atoms with van der Waals surface area (Å²) in [6, 6.07) is 15.5. The number of ether oxygens (including phenoxy) is 3. The second-order valence-electron chi connectivity index (χ2n) is 9.92. The van der Waals surface area contributed by atoms with Gasteiger partial charge < -0.3 is 19.3 Å². The minimum Gasteiger partial charge on any atom is -0.494 e. The summed E-state index contributed by atoms with van der Waals surface area (Å²) in [5.74, 6) is -0.403. The highest BCUT2D eigenvalue weighted by molar-refractivity contribution is 7.89. The van der Waals surface area contributed by atoms with E-state index in [9.17, 15) is 18.3 Å². The summed E-state index contributed by atoms with van der Waals surface area (Å²) in [5, 5.41) is 18.0. The van der Waals surface area contributed by atoms with Gasteiger partial charge in [-0.1, -0.05) is 23.4 Å². The number of nitrogens with zero attached hydrogens (tertiary/aromatic N) is 4. The number of aryl methyl sites for hydroxylation is 2. The molecule has 0 saturated carbocycles. The summed E-state index contributed by atoms with van der Waals surface area (Å²) >= 11 is 0. The number of rotatable bonds is 14. The minimum atomic E-state index is -3.81. The first-order valence-corrected chi connectivity index (χ1v) is 14.9. The highest BCUT2D eigenvalue weighted by Gasteiger charge is 2.25. The van der Waals surface area contributed by atoms with Gasteiger partial charge in [0, 0.05) is 33.2 Å². The number of aliphatic carboxylic acids is 1. The number of methoxy groups -OCH3 is 1.